The van der Waals surface area contributed by atoms with E-state index in [2.05, 4.69) is 0 Å². The number of thiophene rings is 1. The number of benzene rings is 1. The van der Waals surface area contributed by atoms with Gasteiger partial charge in [-0.3, -0.25) is 9.59 Å². The third-order valence-electron chi connectivity index (χ3n) is 4.68. The van der Waals surface area contributed by atoms with Crippen LogP contribution in [0.15, 0.2) is 29.6 Å². The average Bonchev–Trinajstić information content (AvgIpc) is 3.06. The number of anilines is 1. The molecule has 6 nitrogen and oxygen atoms in total. The Balaban J connectivity index is 1.56. The van der Waals surface area contributed by atoms with Crippen LogP contribution in [0, 0.1) is 6.92 Å². The average molecular weight is 372 g/mol. The second-order valence-corrected chi connectivity index (χ2v) is 7.42. The molecular formula is C19H20N2O4S. The van der Waals surface area contributed by atoms with Crippen molar-refractivity contribution >= 4 is 28.8 Å². The second kappa shape index (κ2) is 6.64. The zero-order valence-electron chi connectivity index (χ0n) is 14.7. The largest absolute Gasteiger partial charge is 0.485 e. The van der Waals surface area contributed by atoms with Gasteiger partial charge in [0.1, 0.15) is 24.6 Å². The molecule has 0 radical (unpaired) electrons. The van der Waals surface area contributed by atoms with Gasteiger partial charge >= 0.3 is 0 Å². The van der Waals surface area contributed by atoms with Crippen LogP contribution in [-0.2, 0) is 4.79 Å². The van der Waals surface area contributed by atoms with Gasteiger partial charge in [0.25, 0.3) is 5.91 Å². The molecule has 2 aromatic rings. The summed E-state index contributed by atoms with van der Waals surface area (Å²) in [5.41, 5.74) is 1.95. The Bertz CT molecular complexity index is 863. The van der Waals surface area contributed by atoms with Crippen LogP contribution in [0.3, 0.4) is 0 Å². The van der Waals surface area contributed by atoms with Gasteiger partial charge in [-0.05, 0) is 25.5 Å². The van der Waals surface area contributed by atoms with Gasteiger partial charge in [0.05, 0.1) is 6.04 Å². The standard InChI is InChI=1S/C19H20N2O4S/c1-12-5-3-4-6-14(12)21-13(2)9-20(10-16(21)22)19(23)18-17-15(11-26-18)24-7-8-25-17/h3-6,11,13H,7-10H2,1-2H3. The van der Waals surface area contributed by atoms with Crippen LogP contribution >= 0.6 is 11.3 Å². The van der Waals surface area contributed by atoms with Gasteiger partial charge in [-0.25, -0.2) is 0 Å². The van der Waals surface area contributed by atoms with Crippen LogP contribution in [0.4, 0.5) is 5.69 Å². The number of rotatable bonds is 2. The van der Waals surface area contributed by atoms with Crippen LogP contribution < -0.4 is 14.4 Å². The van der Waals surface area contributed by atoms with E-state index in [1.165, 1.54) is 11.3 Å². The SMILES string of the molecule is Cc1ccccc1N1C(=O)CN(C(=O)c2scc3c2OCCO3)CC1C. The van der Waals surface area contributed by atoms with Gasteiger partial charge in [-0.1, -0.05) is 18.2 Å². The van der Waals surface area contributed by atoms with Crippen molar-refractivity contribution in [2.45, 2.75) is 19.9 Å². The van der Waals surface area contributed by atoms with Crippen molar-refractivity contribution in [3.05, 3.63) is 40.1 Å². The Labute approximate surface area is 155 Å². The molecule has 2 amide bonds. The molecule has 1 fully saturated rings. The first-order valence-corrected chi connectivity index (χ1v) is 9.48. The minimum absolute atomic E-state index is 0.0606. The number of hydrogen-bond acceptors (Lipinski definition) is 5. The number of piperazine rings is 1. The van der Waals surface area contributed by atoms with Crippen LogP contribution in [-0.4, -0.2) is 49.1 Å². The molecular weight excluding hydrogens is 352 g/mol. The molecule has 7 heteroatoms. The van der Waals surface area contributed by atoms with Crippen molar-refractivity contribution < 1.29 is 19.1 Å². The fraction of sp³-hybridized carbons (Fsp3) is 0.368. The predicted molar refractivity (Wildman–Crippen MR) is 99.3 cm³/mol. The van der Waals surface area contributed by atoms with Crippen molar-refractivity contribution in [2.75, 3.05) is 31.2 Å². The molecule has 136 valence electrons. The van der Waals surface area contributed by atoms with Crippen LogP contribution in [0.5, 0.6) is 11.5 Å². The van der Waals surface area contributed by atoms with Gasteiger partial charge in [0, 0.05) is 17.6 Å². The summed E-state index contributed by atoms with van der Waals surface area (Å²) in [6.45, 7) is 5.41. The summed E-state index contributed by atoms with van der Waals surface area (Å²) in [7, 11) is 0. The summed E-state index contributed by atoms with van der Waals surface area (Å²) >= 11 is 1.30. The van der Waals surface area contributed by atoms with Gasteiger partial charge in [0.15, 0.2) is 11.5 Å². The molecule has 0 saturated carbocycles. The summed E-state index contributed by atoms with van der Waals surface area (Å²) in [5.74, 6) is 0.871. The van der Waals surface area contributed by atoms with Crippen LogP contribution in [0.1, 0.15) is 22.2 Å². The monoisotopic (exact) mass is 372 g/mol. The Kier molecular flexibility index (Phi) is 4.32. The molecule has 1 aromatic carbocycles. The highest BCUT2D eigenvalue weighted by Crippen LogP contribution is 2.40. The first-order chi connectivity index (χ1) is 12.6. The second-order valence-electron chi connectivity index (χ2n) is 6.54. The number of hydrogen-bond donors (Lipinski definition) is 0. The Morgan fingerprint density at radius 3 is 2.77 bits per heavy atom. The van der Waals surface area contributed by atoms with Gasteiger partial charge in [0.2, 0.25) is 5.91 Å². The zero-order valence-corrected chi connectivity index (χ0v) is 15.5. The summed E-state index contributed by atoms with van der Waals surface area (Å²) in [4.78, 5) is 29.7. The number of ether oxygens (including phenoxy) is 2. The predicted octanol–water partition coefficient (Wildman–Crippen LogP) is 2.71. The van der Waals surface area contributed by atoms with Crippen molar-refractivity contribution in [2.24, 2.45) is 0 Å². The van der Waals surface area contributed by atoms with Crippen molar-refractivity contribution in [1.29, 1.82) is 0 Å². The molecule has 0 spiro atoms. The minimum atomic E-state index is -0.175. The number of amides is 2. The molecule has 1 atom stereocenters. The maximum atomic E-state index is 13.0. The maximum Gasteiger partial charge on any atom is 0.268 e. The van der Waals surface area contributed by atoms with E-state index in [0.29, 0.717) is 36.1 Å². The first-order valence-electron chi connectivity index (χ1n) is 8.60. The highest BCUT2D eigenvalue weighted by atomic mass is 32.1. The molecule has 3 heterocycles. The van der Waals surface area contributed by atoms with E-state index in [1.807, 2.05) is 38.1 Å². The first kappa shape index (κ1) is 16.9. The zero-order chi connectivity index (χ0) is 18.3. The number of para-hydroxylation sites is 1. The topological polar surface area (TPSA) is 59.1 Å². The number of fused-ring (bicyclic) bond motifs is 1. The molecule has 2 aliphatic rings. The van der Waals surface area contributed by atoms with Crippen LogP contribution in [0.25, 0.3) is 0 Å². The molecule has 0 bridgehead atoms. The molecule has 1 saturated heterocycles. The van der Waals surface area contributed by atoms with Crippen molar-refractivity contribution in [1.82, 2.24) is 4.90 Å². The molecule has 4 rings (SSSR count). The summed E-state index contributed by atoms with van der Waals surface area (Å²) < 4.78 is 11.1. The highest BCUT2D eigenvalue weighted by Gasteiger charge is 2.36. The normalized spacial score (nSPS) is 19.6. The lowest BCUT2D eigenvalue weighted by atomic mass is 10.1. The van der Waals surface area contributed by atoms with Gasteiger partial charge in [-0.15, -0.1) is 11.3 Å². The molecule has 26 heavy (non-hydrogen) atoms. The van der Waals surface area contributed by atoms with Crippen LogP contribution in [0.2, 0.25) is 0 Å². The quantitative estimate of drug-likeness (QED) is 0.813. The Morgan fingerprint density at radius 2 is 2.00 bits per heavy atom. The van der Waals surface area contributed by atoms with E-state index in [9.17, 15) is 9.59 Å². The fourth-order valence-corrected chi connectivity index (χ4v) is 4.36. The number of aryl methyl sites for hydroxylation is 1. The van der Waals surface area contributed by atoms with E-state index in [-0.39, 0.29) is 24.4 Å². The van der Waals surface area contributed by atoms with Crippen molar-refractivity contribution in [3.63, 3.8) is 0 Å². The lowest BCUT2D eigenvalue weighted by Crippen LogP contribution is -2.57. The summed E-state index contributed by atoms with van der Waals surface area (Å²) in [6, 6.07) is 7.71. The Hall–Kier alpha value is -2.54. The molecule has 0 N–H and O–H groups in total. The van der Waals surface area contributed by atoms with E-state index in [1.54, 1.807) is 15.2 Å². The minimum Gasteiger partial charge on any atom is -0.485 e. The molecule has 1 unspecified atom stereocenters. The molecule has 2 aliphatic heterocycles. The number of nitrogens with zero attached hydrogens (tertiary/aromatic N) is 2. The molecule has 1 aromatic heterocycles. The van der Waals surface area contributed by atoms with E-state index >= 15 is 0 Å². The lowest BCUT2D eigenvalue weighted by Gasteiger charge is -2.40. The van der Waals surface area contributed by atoms with Gasteiger partial charge in [-0.2, -0.15) is 0 Å². The smallest absolute Gasteiger partial charge is 0.268 e. The van der Waals surface area contributed by atoms with Gasteiger partial charge < -0.3 is 19.3 Å². The third-order valence-corrected chi connectivity index (χ3v) is 5.61. The summed E-state index contributed by atoms with van der Waals surface area (Å²) in [6.07, 6.45) is 0. The fourth-order valence-electron chi connectivity index (χ4n) is 3.46. The number of carbonyl (C=O) groups excluding carboxylic acids is 2. The summed E-state index contributed by atoms with van der Waals surface area (Å²) in [5, 5.41) is 1.79. The molecule has 0 aliphatic carbocycles. The van der Waals surface area contributed by atoms with Crippen molar-refractivity contribution in [3.8, 4) is 11.5 Å². The Morgan fingerprint density at radius 1 is 1.23 bits per heavy atom. The number of carbonyl (C=O) groups is 2. The highest BCUT2D eigenvalue weighted by molar-refractivity contribution is 7.12. The van der Waals surface area contributed by atoms with E-state index < -0.39 is 0 Å². The third kappa shape index (κ3) is 2.82. The van der Waals surface area contributed by atoms with E-state index in [4.69, 9.17) is 9.47 Å². The lowest BCUT2D eigenvalue weighted by molar-refractivity contribution is -0.121. The maximum absolute atomic E-state index is 13.0. The van der Waals surface area contributed by atoms with E-state index in [0.717, 1.165) is 11.3 Å².